The Hall–Kier alpha value is -2.59. The van der Waals surface area contributed by atoms with Gasteiger partial charge in [-0.25, -0.2) is 8.42 Å². The molecule has 0 fully saturated rings. The number of likely N-dealkylation sites (N-methyl/N-ethyl adjacent to an activating group) is 1. The summed E-state index contributed by atoms with van der Waals surface area (Å²) in [5.74, 6) is -0.940. The molecule has 11 heteroatoms. The molecule has 3 rings (SSSR count). The summed E-state index contributed by atoms with van der Waals surface area (Å²) in [4.78, 5) is 27.9. The van der Waals surface area contributed by atoms with Gasteiger partial charge in [-0.1, -0.05) is 75.0 Å². The summed E-state index contributed by atoms with van der Waals surface area (Å²) in [7, 11) is -4.24. The number of rotatable bonds is 10. The average Bonchev–Trinajstić information content (AvgIpc) is 2.88. The number of hydrogen-bond donors (Lipinski definition) is 1. The van der Waals surface area contributed by atoms with Crippen molar-refractivity contribution in [2.45, 2.75) is 38.3 Å². The summed E-state index contributed by atoms with van der Waals surface area (Å²) >= 11 is 16.0. The molecule has 2 amide bonds. The van der Waals surface area contributed by atoms with E-state index >= 15 is 0 Å². The smallest absolute Gasteiger partial charge is 0.264 e. The Morgan fingerprint density at radius 2 is 1.63 bits per heavy atom. The predicted octanol–water partition coefficient (Wildman–Crippen LogP) is 5.81. The first-order valence-electron chi connectivity index (χ1n) is 11.8. The standard InChI is InChI=1S/C27H28BrCl2N3O4S/c1-4-31-27(35)19(3)32(16-20-10-12-21(28)13-11-20)25(34)17-33(24-7-5-6-23(29)26(24)30)38(36,37)22-14-8-18(2)9-15-22/h5-15,19H,4,16-17H2,1-3H3,(H,31,35). The normalized spacial score (nSPS) is 12.1. The third-order valence-corrected chi connectivity index (χ3v) is 8.98. The van der Waals surface area contributed by atoms with Crippen LogP contribution in [0.3, 0.4) is 0 Å². The van der Waals surface area contributed by atoms with E-state index in [9.17, 15) is 18.0 Å². The van der Waals surface area contributed by atoms with Gasteiger partial charge in [-0.2, -0.15) is 0 Å². The lowest BCUT2D eigenvalue weighted by molar-refractivity contribution is -0.139. The Morgan fingerprint density at radius 3 is 2.24 bits per heavy atom. The molecule has 38 heavy (non-hydrogen) atoms. The minimum atomic E-state index is -4.24. The zero-order valence-electron chi connectivity index (χ0n) is 21.1. The fraction of sp³-hybridized carbons (Fsp3) is 0.259. The number of amides is 2. The highest BCUT2D eigenvalue weighted by Crippen LogP contribution is 2.35. The van der Waals surface area contributed by atoms with Crippen LogP contribution in [0.5, 0.6) is 0 Å². The van der Waals surface area contributed by atoms with E-state index in [0.717, 1.165) is 19.9 Å². The number of hydrogen-bond acceptors (Lipinski definition) is 4. The number of carbonyl (C=O) groups is 2. The first-order valence-corrected chi connectivity index (χ1v) is 14.8. The molecule has 0 bridgehead atoms. The molecule has 0 aliphatic rings. The molecule has 1 unspecified atom stereocenters. The number of benzene rings is 3. The van der Waals surface area contributed by atoms with Gasteiger partial charge in [0.05, 0.1) is 20.6 Å². The quantitative estimate of drug-likeness (QED) is 0.303. The van der Waals surface area contributed by atoms with Gasteiger partial charge >= 0.3 is 0 Å². The molecule has 1 atom stereocenters. The van der Waals surface area contributed by atoms with Gasteiger partial charge in [-0.3, -0.25) is 13.9 Å². The summed E-state index contributed by atoms with van der Waals surface area (Å²) < 4.78 is 29.5. The Labute approximate surface area is 241 Å². The maximum absolute atomic E-state index is 13.8. The summed E-state index contributed by atoms with van der Waals surface area (Å²) in [5.41, 5.74) is 1.71. The molecular formula is C27H28BrCl2N3O4S. The van der Waals surface area contributed by atoms with Crippen molar-refractivity contribution in [1.29, 1.82) is 0 Å². The molecule has 202 valence electrons. The molecule has 0 heterocycles. The molecule has 3 aromatic rings. The summed E-state index contributed by atoms with van der Waals surface area (Å²) in [6.07, 6.45) is 0. The number of carbonyl (C=O) groups excluding carboxylic acids is 2. The lowest BCUT2D eigenvalue weighted by Crippen LogP contribution is -2.51. The largest absolute Gasteiger partial charge is 0.355 e. The van der Waals surface area contributed by atoms with Gasteiger partial charge in [0.1, 0.15) is 12.6 Å². The van der Waals surface area contributed by atoms with Gasteiger partial charge in [0, 0.05) is 17.6 Å². The average molecular weight is 641 g/mol. The number of anilines is 1. The number of sulfonamides is 1. The SMILES string of the molecule is CCNC(=O)C(C)N(Cc1ccc(Br)cc1)C(=O)CN(c1cccc(Cl)c1Cl)S(=O)(=O)c1ccc(C)cc1. The minimum absolute atomic E-state index is 0.00566. The monoisotopic (exact) mass is 639 g/mol. The van der Waals surface area contributed by atoms with Gasteiger partial charge in [0.2, 0.25) is 11.8 Å². The van der Waals surface area contributed by atoms with E-state index in [-0.39, 0.29) is 33.1 Å². The van der Waals surface area contributed by atoms with E-state index in [1.807, 2.05) is 31.2 Å². The van der Waals surface area contributed by atoms with E-state index in [2.05, 4.69) is 21.2 Å². The lowest BCUT2D eigenvalue weighted by atomic mass is 10.1. The van der Waals surface area contributed by atoms with Crippen LogP contribution in [0.2, 0.25) is 10.0 Å². The molecule has 0 aliphatic carbocycles. The van der Waals surface area contributed by atoms with Crippen molar-refractivity contribution in [3.8, 4) is 0 Å². The maximum atomic E-state index is 13.8. The van der Waals surface area contributed by atoms with Crippen LogP contribution in [0.4, 0.5) is 5.69 Å². The van der Waals surface area contributed by atoms with Gasteiger partial charge < -0.3 is 10.2 Å². The third kappa shape index (κ3) is 7.08. The highest BCUT2D eigenvalue weighted by atomic mass is 79.9. The third-order valence-electron chi connectivity index (χ3n) is 5.87. The van der Waals surface area contributed by atoms with Crippen LogP contribution >= 0.6 is 39.1 Å². The van der Waals surface area contributed by atoms with Gasteiger partial charge in [0.15, 0.2) is 0 Å². The second-order valence-electron chi connectivity index (χ2n) is 8.62. The van der Waals surface area contributed by atoms with Crippen molar-refractivity contribution in [2.75, 3.05) is 17.4 Å². The molecule has 0 aromatic heterocycles. The number of aryl methyl sites for hydroxylation is 1. The summed E-state index contributed by atoms with van der Waals surface area (Å²) in [6, 6.07) is 17.3. The minimum Gasteiger partial charge on any atom is -0.355 e. The number of halogens is 3. The number of nitrogens with one attached hydrogen (secondary N) is 1. The highest BCUT2D eigenvalue weighted by molar-refractivity contribution is 9.10. The van der Waals surface area contributed by atoms with Gasteiger partial charge in [0.25, 0.3) is 10.0 Å². The summed E-state index contributed by atoms with van der Waals surface area (Å²) in [6.45, 7) is 5.10. The van der Waals surface area contributed by atoms with E-state index in [1.165, 1.54) is 29.2 Å². The van der Waals surface area contributed by atoms with Crippen LogP contribution in [0.15, 0.2) is 76.1 Å². The molecule has 0 saturated heterocycles. The molecule has 7 nitrogen and oxygen atoms in total. The van der Waals surface area contributed by atoms with Gasteiger partial charge in [-0.15, -0.1) is 0 Å². The molecule has 3 aromatic carbocycles. The van der Waals surface area contributed by atoms with Crippen LogP contribution in [-0.2, 0) is 26.2 Å². The molecule has 0 radical (unpaired) electrons. The fourth-order valence-electron chi connectivity index (χ4n) is 3.73. The first kappa shape index (κ1) is 30.0. The van der Waals surface area contributed by atoms with E-state index in [1.54, 1.807) is 32.0 Å². The Kier molecular flexibility index (Phi) is 10.2. The molecule has 0 spiro atoms. The molecular weight excluding hydrogens is 613 g/mol. The van der Waals surface area contributed by atoms with Gasteiger partial charge in [-0.05, 0) is 62.7 Å². The van der Waals surface area contributed by atoms with Crippen molar-refractivity contribution >= 4 is 66.7 Å². The van der Waals surface area contributed by atoms with Crippen molar-refractivity contribution < 1.29 is 18.0 Å². The second kappa shape index (κ2) is 13.0. The van der Waals surface area contributed by atoms with Crippen LogP contribution in [0.25, 0.3) is 0 Å². The van der Waals surface area contributed by atoms with Crippen LogP contribution < -0.4 is 9.62 Å². The predicted molar refractivity (Wildman–Crippen MR) is 155 cm³/mol. The lowest BCUT2D eigenvalue weighted by Gasteiger charge is -2.32. The van der Waals surface area contributed by atoms with E-state index in [4.69, 9.17) is 23.2 Å². The van der Waals surface area contributed by atoms with E-state index < -0.39 is 28.5 Å². The zero-order chi connectivity index (χ0) is 28.0. The summed E-state index contributed by atoms with van der Waals surface area (Å²) in [5, 5.41) is 2.86. The topological polar surface area (TPSA) is 86.8 Å². The number of nitrogens with zero attached hydrogens (tertiary/aromatic N) is 2. The van der Waals surface area contributed by atoms with Crippen LogP contribution in [-0.4, -0.2) is 44.3 Å². The molecule has 0 aliphatic heterocycles. The Balaban J connectivity index is 2.07. The van der Waals surface area contributed by atoms with Crippen molar-refractivity contribution in [3.63, 3.8) is 0 Å². The molecule has 1 N–H and O–H groups in total. The Morgan fingerprint density at radius 1 is 1.00 bits per heavy atom. The van der Waals surface area contributed by atoms with Crippen molar-refractivity contribution in [3.05, 3.63) is 92.4 Å². The van der Waals surface area contributed by atoms with Crippen molar-refractivity contribution in [1.82, 2.24) is 10.2 Å². The van der Waals surface area contributed by atoms with E-state index in [0.29, 0.717) is 6.54 Å². The van der Waals surface area contributed by atoms with Crippen LogP contribution in [0, 0.1) is 6.92 Å². The maximum Gasteiger partial charge on any atom is 0.264 e. The van der Waals surface area contributed by atoms with Crippen LogP contribution in [0.1, 0.15) is 25.0 Å². The zero-order valence-corrected chi connectivity index (χ0v) is 25.0. The highest BCUT2D eigenvalue weighted by Gasteiger charge is 2.33. The van der Waals surface area contributed by atoms with Crippen molar-refractivity contribution in [2.24, 2.45) is 0 Å². The molecule has 0 saturated carbocycles. The fourth-order valence-corrected chi connectivity index (χ4v) is 5.86. The first-order chi connectivity index (χ1) is 17.9. The second-order valence-corrected chi connectivity index (χ2v) is 12.2. The Bertz CT molecular complexity index is 1400.